The van der Waals surface area contributed by atoms with Crippen LogP contribution in [0.25, 0.3) is 0 Å². The lowest BCUT2D eigenvalue weighted by Gasteiger charge is -2.17. The number of nitrogens with zero attached hydrogens (tertiary/aromatic N) is 1. The molecule has 0 saturated carbocycles. The van der Waals surface area contributed by atoms with E-state index in [1.807, 2.05) is 19.9 Å². The van der Waals surface area contributed by atoms with Crippen LogP contribution in [0.1, 0.15) is 31.0 Å². The first-order valence-corrected chi connectivity index (χ1v) is 7.68. The minimum atomic E-state index is -0.679. The Labute approximate surface area is 140 Å². The van der Waals surface area contributed by atoms with Crippen molar-refractivity contribution in [1.82, 2.24) is 10.3 Å². The fourth-order valence-electron chi connectivity index (χ4n) is 2.16. The van der Waals surface area contributed by atoms with E-state index in [4.69, 9.17) is 9.47 Å². The molecule has 0 fully saturated rings. The Kier molecular flexibility index (Phi) is 6.26. The standard InChI is InChI=1S/C18H21FN2O3/c1-12(2)24-16-9-4-13(10-20-16)11-21-17(18(22)23-3)14-5-7-15(19)8-6-14/h4-10,12,17,21H,11H2,1-3H3/t17-/m0/s1. The third-order valence-corrected chi connectivity index (χ3v) is 3.30. The highest BCUT2D eigenvalue weighted by Gasteiger charge is 2.20. The average molecular weight is 332 g/mol. The SMILES string of the molecule is COC(=O)[C@@H](NCc1ccc(OC(C)C)nc1)c1ccc(F)cc1. The number of hydrogen-bond acceptors (Lipinski definition) is 5. The largest absolute Gasteiger partial charge is 0.475 e. The summed E-state index contributed by atoms with van der Waals surface area (Å²) in [5.74, 6) is -0.238. The molecule has 1 aromatic carbocycles. The summed E-state index contributed by atoms with van der Waals surface area (Å²) in [4.78, 5) is 16.2. The average Bonchev–Trinajstić information content (AvgIpc) is 2.57. The minimum absolute atomic E-state index is 0.0589. The van der Waals surface area contributed by atoms with Crippen LogP contribution < -0.4 is 10.1 Å². The number of ether oxygens (including phenoxy) is 2. The van der Waals surface area contributed by atoms with Gasteiger partial charge in [-0.3, -0.25) is 5.32 Å². The van der Waals surface area contributed by atoms with Gasteiger partial charge in [0.25, 0.3) is 0 Å². The van der Waals surface area contributed by atoms with Gasteiger partial charge in [-0.25, -0.2) is 14.2 Å². The molecule has 128 valence electrons. The summed E-state index contributed by atoms with van der Waals surface area (Å²) >= 11 is 0. The summed E-state index contributed by atoms with van der Waals surface area (Å²) in [7, 11) is 1.32. The van der Waals surface area contributed by atoms with E-state index in [0.717, 1.165) is 5.56 Å². The number of aromatic nitrogens is 1. The molecule has 0 unspecified atom stereocenters. The summed E-state index contributed by atoms with van der Waals surface area (Å²) in [6.45, 7) is 4.27. The first-order chi connectivity index (χ1) is 11.5. The van der Waals surface area contributed by atoms with E-state index >= 15 is 0 Å². The number of methoxy groups -OCH3 is 1. The zero-order valence-electron chi connectivity index (χ0n) is 14.0. The van der Waals surface area contributed by atoms with Gasteiger partial charge in [0.2, 0.25) is 5.88 Å². The van der Waals surface area contributed by atoms with Crippen LogP contribution in [0.15, 0.2) is 42.6 Å². The number of benzene rings is 1. The fraction of sp³-hybridized carbons (Fsp3) is 0.333. The summed E-state index contributed by atoms with van der Waals surface area (Å²) in [5.41, 5.74) is 1.53. The lowest BCUT2D eigenvalue weighted by molar-refractivity contribution is -0.143. The molecular weight excluding hydrogens is 311 g/mol. The normalized spacial score (nSPS) is 12.0. The van der Waals surface area contributed by atoms with E-state index < -0.39 is 12.0 Å². The van der Waals surface area contributed by atoms with E-state index in [-0.39, 0.29) is 11.9 Å². The van der Waals surface area contributed by atoms with Gasteiger partial charge in [0.05, 0.1) is 13.2 Å². The maximum atomic E-state index is 13.1. The van der Waals surface area contributed by atoms with Crippen molar-refractivity contribution in [2.75, 3.05) is 7.11 Å². The molecule has 0 bridgehead atoms. The lowest BCUT2D eigenvalue weighted by atomic mass is 10.1. The molecule has 1 heterocycles. The Hall–Kier alpha value is -2.47. The molecule has 0 radical (unpaired) electrons. The Morgan fingerprint density at radius 1 is 1.21 bits per heavy atom. The molecule has 1 N–H and O–H groups in total. The second-order valence-corrected chi connectivity index (χ2v) is 5.56. The molecule has 5 nitrogen and oxygen atoms in total. The van der Waals surface area contributed by atoms with Crippen molar-refractivity contribution in [1.29, 1.82) is 0 Å². The maximum absolute atomic E-state index is 13.1. The Bertz CT molecular complexity index is 657. The Morgan fingerprint density at radius 2 is 1.92 bits per heavy atom. The van der Waals surface area contributed by atoms with Gasteiger partial charge < -0.3 is 9.47 Å². The third kappa shape index (κ3) is 5.03. The van der Waals surface area contributed by atoms with Gasteiger partial charge in [-0.1, -0.05) is 18.2 Å². The van der Waals surface area contributed by atoms with Gasteiger partial charge >= 0.3 is 5.97 Å². The number of esters is 1. The minimum Gasteiger partial charge on any atom is -0.475 e. The molecule has 0 amide bonds. The summed E-state index contributed by atoms with van der Waals surface area (Å²) < 4.78 is 23.4. The van der Waals surface area contributed by atoms with Crippen LogP contribution >= 0.6 is 0 Å². The number of nitrogens with one attached hydrogen (secondary N) is 1. The van der Waals surface area contributed by atoms with Crippen LogP contribution in [-0.2, 0) is 16.1 Å². The van der Waals surface area contributed by atoms with Gasteiger partial charge in [-0.15, -0.1) is 0 Å². The first-order valence-electron chi connectivity index (χ1n) is 7.68. The van der Waals surface area contributed by atoms with Gasteiger partial charge in [0.1, 0.15) is 11.9 Å². The van der Waals surface area contributed by atoms with Crippen molar-refractivity contribution in [3.05, 3.63) is 59.5 Å². The highest BCUT2D eigenvalue weighted by atomic mass is 19.1. The monoisotopic (exact) mass is 332 g/mol. The summed E-state index contributed by atoms with van der Waals surface area (Å²) in [6, 6.07) is 8.71. The van der Waals surface area contributed by atoms with Crippen molar-refractivity contribution in [2.45, 2.75) is 32.5 Å². The quantitative estimate of drug-likeness (QED) is 0.790. The molecule has 24 heavy (non-hydrogen) atoms. The lowest BCUT2D eigenvalue weighted by Crippen LogP contribution is -2.29. The molecule has 0 spiro atoms. The highest BCUT2D eigenvalue weighted by molar-refractivity contribution is 5.77. The molecule has 0 aliphatic carbocycles. The molecule has 2 rings (SSSR count). The number of carbonyl (C=O) groups is 1. The molecule has 1 atom stereocenters. The van der Waals surface area contributed by atoms with E-state index in [1.54, 1.807) is 24.4 Å². The number of halogens is 1. The zero-order chi connectivity index (χ0) is 17.5. The molecule has 1 aromatic heterocycles. The van der Waals surface area contributed by atoms with Crippen LogP contribution in [0.3, 0.4) is 0 Å². The smallest absolute Gasteiger partial charge is 0.327 e. The van der Waals surface area contributed by atoms with Crippen molar-refractivity contribution in [3.8, 4) is 5.88 Å². The van der Waals surface area contributed by atoms with Crippen molar-refractivity contribution < 1.29 is 18.7 Å². The van der Waals surface area contributed by atoms with E-state index in [2.05, 4.69) is 10.3 Å². The Balaban J connectivity index is 2.05. The van der Waals surface area contributed by atoms with E-state index in [9.17, 15) is 9.18 Å². The predicted octanol–water partition coefficient (Wildman–Crippen LogP) is 3.01. The highest BCUT2D eigenvalue weighted by Crippen LogP contribution is 2.17. The Morgan fingerprint density at radius 3 is 2.46 bits per heavy atom. The summed E-state index contributed by atoms with van der Waals surface area (Å²) in [6.07, 6.45) is 1.74. The third-order valence-electron chi connectivity index (χ3n) is 3.30. The number of pyridine rings is 1. The first kappa shape index (κ1) is 17.9. The van der Waals surface area contributed by atoms with Crippen LogP contribution in [-0.4, -0.2) is 24.2 Å². The second-order valence-electron chi connectivity index (χ2n) is 5.56. The van der Waals surface area contributed by atoms with Crippen LogP contribution in [0.5, 0.6) is 5.88 Å². The van der Waals surface area contributed by atoms with Crippen LogP contribution in [0, 0.1) is 5.82 Å². The molecule has 6 heteroatoms. The van der Waals surface area contributed by atoms with Crippen molar-refractivity contribution in [3.63, 3.8) is 0 Å². The molecule has 0 aliphatic rings. The number of hydrogen-bond donors (Lipinski definition) is 1. The van der Waals surface area contributed by atoms with Crippen LogP contribution in [0.2, 0.25) is 0 Å². The van der Waals surface area contributed by atoms with Crippen molar-refractivity contribution >= 4 is 5.97 Å². The van der Waals surface area contributed by atoms with Crippen molar-refractivity contribution in [2.24, 2.45) is 0 Å². The molecule has 0 aliphatic heterocycles. The van der Waals surface area contributed by atoms with Gasteiger partial charge in [-0.2, -0.15) is 0 Å². The maximum Gasteiger partial charge on any atom is 0.327 e. The van der Waals surface area contributed by atoms with E-state index in [0.29, 0.717) is 18.0 Å². The number of rotatable bonds is 7. The second kappa shape index (κ2) is 8.40. The van der Waals surface area contributed by atoms with Gasteiger partial charge in [0.15, 0.2) is 0 Å². The molecule has 0 saturated heterocycles. The molecular formula is C18H21FN2O3. The van der Waals surface area contributed by atoms with E-state index in [1.165, 1.54) is 19.2 Å². The fourth-order valence-corrected chi connectivity index (χ4v) is 2.16. The van der Waals surface area contributed by atoms with Gasteiger partial charge in [-0.05, 0) is 37.1 Å². The zero-order valence-corrected chi connectivity index (χ0v) is 14.0. The molecule has 2 aromatic rings. The number of carbonyl (C=O) groups excluding carboxylic acids is 1. The van der Waals surface area contributed by atoms with Crippen LogP contribution in [0.4, 0.5) is 4.39 Å². The summed E-state index contributed by atoms with van der Waals surface area (Å²) in [5, 5.41) is 3.10. The predicted molar refractivity (Wildman–Crippen MR) is 88.0 cm³/mol. The topological polar surface area (TPSA) is 60.5 Å². The van der Waals surface area contributed by atoms with Gasteiger partial charge in [0, 0.05) is 18.8 Å².